The highest BCUT2D eigenvalue weighted by Crippen LogP contribution is 2.36. The van der Waals surface area contributed by atoms with Crippen LogP contribution in [0.4, 0.5) is 11.4 Å². The van der Waals surface area contributed by atoms with Crippen LogP contribution in [0.3, 0.4) is 0 Å². The van der Waals surface area contributed by atoms with Gasteiger partial charge in [-0.2, -0.15) is 0 Å². The van der Waals surface area contributed by atoms with E-state index in [2.05, 4.69) is 26.1 Å². The summed E-state index contributed by atoms with van der Waals surface area (Å²) in [6.45, 7) is 7.27. The van der Waals surface area contributed by atoms with E-state index in [1.165, 1.54) is 31.4 Å². The molecule has 0 amide bonds. The Balaban J connectivity index is 2.73. The molecule has 0 aliphatic rings. The van der Waals surface area contributed by atoms with Gasteiger partial charge in [0.2, 0.25) is 0 Å². The second-order valence-corrected chi connectivity index (χ2v) is 6.83. The summed E-state index contributed by atoms with van der Waals surface area (Å²) in [5.41, 5.74) is 0.578. The van der Waals surface area contributed by atoms with Crippen LogP contribution in [0.15, 0.2) is 12.1 Å². The summed E-state index contributed by atoms with van der Waals surface area (Å²) in [4.78, 5) is 10.2. The fourth-order valence-electron chi connectivity index (χ4n) is 2.10. The van der Waals surface area contributed by atoms with Gasteiger partial charge in [0.05, 0.1) is 20.7 Å². The second-order valence-electron chi connectivity index (χ2n) is 6.02. The first-order chi connectivity index (χ1) is 9.76. The number of unbranched alkanes of at least 4 members (excludes halogenated alkanes) is 2. The molecular formula is C15H22Cl2N2O2. The van der Waals surface area contributed by atoms with Crippen molar-refractivity contribution in [2.24, 2.45) is 5.41 Å². The van der Waals surface area contributed by atoms with Gasteiger partial charge in [0, 0.05) is 18.7 Å². The molecule has 0 radical (unpaired) electrons. The minimum Gasteiger partial charge on any atom is -0.382 e. The first-order valence-electron chi connectivity index (χ1n) is 7.14. The number of anilines is 1. The SMILES string of the molecule is CCCCCC(C)(C)CNc1c(Cl)cc([N+](=O)[O-])cc1Cl. The lowest BCUT2D eigenvalue weighted by atomic mass is 9.87. The van der Waals surface area contributed by atoms with E-state index in [0.717, 1.165) is 6.42 Å². The molecule has 21 heavy (non-hydrogen) atoms. The predicted molar refractivity (Wildman–Crippen MR) is 89.5 cm³/mol. The molecule has 1 aromatic carbocycles. The third-order valence-corrected chi connectivity index (χ3v) is 4.03. The van der Waals surface area contributed by atoms with E-state index in [0.29, 0.717) is 12.2 Å². The van der Waals surface area contributed by atoms with Gasteiger partial charge in [-0.25, -0.2) is 0 Å². The molecule has 0 aliphatic heterocycles. The monoisotopic (exact) mass is 332 g/mol. The summed E-state index contributed by atoms with van der Waals surface area (Å²) < 4.78 is 0. The summed E-state index contributed by atoms with van der Waals surface area (Å²) in [6.07, 6.45) is 4.72. The third-order valence-electron chi connectivity index (χ3n) is 3.44. The number of nitro benzene ring substituents is 1. The maximum absolute atomic E-state index is 10.7. The van der Waals surface area contributed by atoms with Crippen molar-refractivity contribution in [3.8, 4) is 0 Å². The zero-order chi connectivity index (χ0) is 16.0. The van der Waals surface area contributed by atoms with Crippen molar-refractivity contribution in [3.63, 3.8) is 0 Å². The molecule has 1 N–H and O–H groups in total. The van der Waals surface area contributed by atoms with Gasteiger partial charge in [-0.15, -0.1) is 0 Å². The minimum absolute atomic E-state index is 0.0993. The maximum atomic E-state index is 10.7. The molecule has 6 heteroatoms. The Labute approximate surface area is 136 Å². The number of hydrogen-bond acceptors (Lipinski definition) is 3. The lowest BCUT2D eigenvalue weighted by molar-refractivity contribution is -0.384. The number of rotatable bonds is 8. The van der Waals surface area contributed by atoms with Crippen molar-refractivity contribution in [2.75, 3.05) is 11.9 Å². The van der Waals surface area contributed by atoms with Gasteiger partial charge in [0.15, 0.2) is 0 Å². The Bertz CT molecular complexity index is 481. The van der Waals surface area contributed by atoms with Gasteiger partial charge in [-0.05, 0) is 11.8 Å². The van der Waals surface area contributed by atoms with Crippen LogP contribution in [-0.4, -0.2) is 11.5 Å². The van der Waals surface area contributed by atoms with Crippen LogP contribution in [0.1, 0.15) is 46.5 Å². The van der Waals surface area contributed by atoms with E-state index < -0.39 is 4.92 Å². The normalized spacial score (nSPS) is 11.5. The first kappa shape index (κ1) is 18.1. The molecule has 0 saturated carbocycles. The van der Waals surface area contributed by atoms with E-state index >= 15 is 0 Å². The van der Waals surface area contributed by atoms with E-state index in [1.807, 2.05) is 0 Å². The van der Waals surface area contributed by atoms with Crippen LogP contribution in [0.5, 0.6) is 0 Å². The lowest BCUT2D eigenvalue weighted by Gasteiger charge is -2.26. The Morgan fingerprint density at radius 1 is 1.24 bits per heavy atom. The molecule has 0 aromatic heterocycles. The van der Waals surface area contributed by atoms with Crippen molar-refractivity contribution in [2.45, 2.75) is 46.5 Å². The Morgan fingerprint density at radius 3 is 2.29 bits per heavy atom. The summed E-state index contributed by atoms with van der Waals surface area (Å²) >= 11 is 12.2. The molecule has 0 saturated heterocycles. The van der Waals surface area contributed by atoms with Crippen LogP contribution < -0.4 is 5.32 Å². The number of halogens is 2. The lowest BCUT2D eigenvalue weighted by Crippen LogP contribution is -2.23. The number of non-ortho nitro benzene ring substituents is 1. The van der Waals surface area contributed by atoms with Crippen LogP contribution in [0.25, 0.3) is 0 Å². The highest BCUT2D eigenvalue weighted by atomic mass is 35.5. The summed E-state index contributed by atoms with van der Waals surface area (Å²) in [6, 6.07) is 2.64. The van der Waals surface area contributed by atoms with Crippen molar-refractivity contribution in [3.05, 3.63) is 32.3 Å². The van der Waals surface area contributed by atoms with Crippen molar-refractivity contribution in [1.82, 2.24) is 0 Å². The molecule has 4 nitrogen and oxygen atoms in total. The average Bonchev–Trinajstić information content (AvgIpc) is 2.37. The second kappa shape index (κ2) is 7.85. The largest absolute Gasteiger partial charge is 0.382 e. The third kappa shape index (κ3) is 5.71. The molecule has 0 bridgehead atoms. The number of benzene rings is 1. The van der Waals surface area contributed by atoms with E-state index in [9.17, 15) is 10.1 Å². The predicted octanol–water partition coefficient (Wildman–Crippen LogP) is 5.92. The molecule has 0 aliphatic carbocycles. The molecule has 1 rings (SSSR count). The molecule has 0 unspecified atom stereocenters. The van der Waals surface area contributed by atoms with Gasteiger partial charge in [-0.1, -0.05) is 63.2 Å². The molecule has 1 aromatic rings. The van der Waals surface area contributed by atoms with Crippen LogP contribution in [0.2, 0.25) is 10.0 Å². The number of nitrogens with zero attached hydrogens (tertiary/aromatic N) is 1. The summed E-state index contributed by atoms with van der Waals surface area (Å²) in [5.74, 6) is 0. The fraction of sp³-hybridized carbons (Fsp3) is 0.600. The fourth-order valence-corrected chi connectivity index (χ4v) is 2.71. The highest BCUT2D eigenvalue weighted by Gasteiger charge is 2.20. The molecular weight excluding hydrogens is 311 g/mol. The van der Waals surface area contributed by atoms with E-state index in [4.69, 9.17) is 23.2 Å². The van der Waals surface area contributed by atoms with E-state index in [1.54, 1.807) is 0 Å². The molecule has 118 valence electrons. The van der Waals surface area contributed by atoms with Crippen LogP contribution in [-0.2, 0) is 0 Å². The van der Waals surface area contributed by atoms with E-state index in [-0.39, 0.29) is 21.1 Å². The highest BCUT2D eigenvalue weighted by molar-refractivity contribution is 6.39. The summed E-state index contributed by atoms with van der Waals surface area (Å²) in [5, 5.41) is 14.5. The summed E-state index contributed by atoms with van der Waals surface area (Å²) in [7, 11) is 0. The van der Waals surface area contributed by atoms with Crippen LogP contribution in [0, 0.1) is 15.5 Å². The standard InChI is InChI=1S/C15H22Cl2N2O2/c1-4-5-6-7-15(2,3)10-18-14-12(16)8-11(19(20)21)9-13(14)17/h8-9,18H,4-7,10H2,1-3H3. The molecule has 0 heterocycles. The smallest absolute Gasteiger partial charge is 0.272 e. The van der Waals surface area contributed by atoms with Gasteiger partial charge in [0.1, 0.15) is 0 Å². The zero-order valence-electron chi connectivity index (χ0n) is 12.7. The Kier molecular flexibility index (Phi) is 6.75. The quantitative estimate of drug-likeness (QED) is 0.365. The number of hydrogen-bond donors (Lipinski definition) is 1. The van der Waals surface area contributed by atoms with Gasteiger partial charge < -0.3 is 5.32 Å². The van der Waals surface area contributed by atoms with Gasteiger partial charge in [-0.3, -0.25) is 10.1 Å². The van der Waals surface area contributed by atoms with Crippen molar-refractivity contribution < 1.29 is 4.92 Å². The van der Waals surface area contributed by atoms with Gasteiger partial charge in [0.25, 0.3) is 5.69 Å². The number of nitro groups is 1. The molecule has 0 atom stereocenters. The van der Waals surface area contributed by atoms with Crippen molar-refractivity contribution in [1.29, 1.82) is 0 Å². The first-order valence-corrected chi connectivity index (χ1v) is 7.90. The zero-order valence-corrected chi connectivity index (χ0v) is 14.2. The minimum atomic E-state index is -0.504. The van der Waals surface area contributed by atoms with Gasteiger partial charge >= 0.3 is 0 Å². The Hall–Kier alpha value is -1.00. The Morgan fingerprint density at radius 2 is 1.81 bits per heavy atom. The van der Waals surface area contributed by atoms with Crippen LogP contribution >= 0.6 is 23.2 Å². The topological polar surface area (TPSA) is 55.2 Å². The van der Waals surface area contributed by atoms with Crippen molar-refractivity contribution >= 4 is 34.6 Å². The maximum Gasteiger partial charge on any atom is 0.272 e. The molecule has 0 fully saturated rings. The number of nitrogens with one attached hydrogen (secondary N) is 1. The average molecular weight is 333 g/mol. The molecule has 0 spiro atoms.